The third kappa shape index (κ3) is 2.75. The number of carbonyl (C=O) groups excluding carboxylic acids is 3. The smallest absolute Gasteiger partial charge is 0.200 e. The Bertz CT molecular complexity index is 765. The van der Waals surface area contributed by atoms with Crippen molar-refractivity contribution in [2.24, 2.45) is 11.3 Å². The van der Waals surface area contributed by atoms with Crippen LogP contribution in [-0.4, -0.2) is 39.8 Å². The van der Waals surface area contributed by atoms with Crippen LogP contribution < -0.4 is 0 Å². The van der Waals surface area contributed by atoms with Crippen molar-refractivity contribution in [3.8, 4) is 0 Å². The summed E-state index contributed by atoms with van der Waals surface area (Å²) in [6, 6.07) is 0. The summed E-state index contributed by atoms with van der Waals surface area (Å²) in [4.78, 5) is 38.0. The van der Waals surface area contributed by atoms with Gasteiger partial charge in [-0.1, -0.05) is 32.9 Å². The van der Waals surface area contributed by atoms with E-state index in [0.29, 0.717) is 5.57 Å². The minimum Gasteiger partial charge on any atom is -0.374 e. The van der Waals surface area contributed by atoms with E-state index >= 15 is 0 Å². The molecule has 0 amide bonds. The molecule has 25 heavy (non-hydrogen) atoms. The zero-order valence-electron chi connectivity index (χ0n) is 15.3. The highest BCUT2D eigenvalue weighted by molar-refractivity contribution is 6.18. The first kappa shape index (κ1) is 18.0. The number of epoxide rings is 1. The lowest BCUT2D eigenvalue weighted by atomic mass is 9.77. The molecule has 3 rings (SSSR count). The Morgan fingerprint density at radius 3 is 2.44 bits per heavy atom. The van der Waals surface area contributed by atoms with Crippen LogP contribution >= 0.6 is 0 Å². The minimum atomic E-state index is -2.12. The van der Waals surface area contributed by atoms with Gasteiger partial charge in [0, 0.05) is 17.9 Å². The molecule has 0 saturated carbocycles. The Balaban J connectivity index is 2.14. The zero-order valence-corrected chi connectivity index (χ0v) is 15.3. The Labute approximate surface area is 147 Å². The number of carbonyl (C=O) groups is 3. The van der Waals surface area contributed by atoms with E-state index in [1.807, 2.05) is 6.92 Å². The summed E-state index contributed by atoms with van der Waals surface area (Å²) >= 11 is 0. The van der Waals surface area contributed by atoms with Crippen LogP contribution in [0.5, 0.6) is 0 Å². The molecule has 1 spiro atoms. The van der Waals surface area contributed by atoms with Gasteiger partial charge in [-0.05, 0) is 37.0 Å². The maximum Gasteiger partial charge on any atom is 0.200 e. The maximum absolute atomic E-state index is 13.0. The number of Topliss-reactive ketones (excluding diaryl/α,β-unsaturated/α-hetero) is 2. The maximum atomic E-state index is 13.0. The average Bonchev–Trinajstić information content (AvgIpc) is 3.16. The highest BCUT2D eigenvalue weighted by atomic mass is 16.6. The van der Waals surface area contributed by atoms with E-state index < -0.39 is 28.2 Å². The van der Waals surface area contributed by atoms with Crippen molar-refractivity contribution in [2.75, 3.05) is 0 Å². The average molecular weight is 344 g/mol. The van der Waals surface area contributed by atoms with Crippen molar-refractivity contribution in [1.82, 2.24) is 0 Å². The molecule has 1 aliphatic heterocycles. The van der Waals surface area contributed by atoms with Gasteiger partial charge in [0.15, 0.2) is 17.2 Å². The normalized spacial score (nSPS) is 43.8. The topological polar surface area (TPSA) is 84.0 Å². The van der Waals surface area contributed by atoms with Crippen molar-refractivity contribution in [3.05, 3.63) is 35.5 Å². The predicted octanol–water partition coefficient (Wildman–Crippen LogP) is 2.09. The summed E-state index contributed by atoms with van der Waals surface area (Å²) in [5.41, 5.74) is -3.00. The van der Waals surface area contributed by atoms with Gasteiger partial charge in [0.1, 0.15) is 11.7 Å². The lowest BCUT2D eigenvalue weighted by molar-refractivity contribution is -0.148. The van der Waals surface area contributed by atoms with Crippen LogP contribution in [0, 0.1) is 11.3 Å². The number of hydrogen-bond acceptors (Lipinski definition) is 5. The lowest BCUT2D eigenvalue weighted by Crippen LogP contribution is -2.47. The molecule has 1 N–H and O–H groups in total. The molecule has 2 aliphatic carbocycles. The fourth-order valence-corrected chi connectivity index (χ4v) is 3.68. The number of ketones is 3. The molecule has 3 aliphatic rings. The number of rotatable bonds is 0. The van der Waals surface area contributed by atoms with Crippen LogP contribution in [-0.2, 0) is 19.1 Å². The van der Waals surface area contributed by atoms with Crippen molar-refractivity contribution in [2.45, 2.75) is 58.3 Å². The highest BCUT2D eigenvalue weighted by Crippen LogP contribution is 2.55. The molecule has 0 aromatic heterocycles. The second-order valence-electron chi connectivity index (χ2n) is 8.29. The van der Waals surface area contributed by atoms with Gasteiger partial charge in [0.2, 0.25) is 5.78 Å². The molecule has 5 heteroatoms. The van der Waals surface area contributed by atoms with E-state index in [9.17, 15) is 19.5 Å². The van der Waals surface area contributed by atoms with E-state index in [-0.39, 0.29) is 29.8 Å². The third-order valence-electron chi connectivity index (χ3n) is 5.37. The third-order valence-corrected chi connectivity index (χ3v) is 5.37. The van der Waals surface area contributed by atoms with E-state index in [0.717, 1.165) is 0 Å². The van der Waals surface area contributed by atoms with Crippen LogP contribution in [0.1, 0.15) is 41.0 Å². The van der Waals surface area contributed by atoms with Crippen LogP contribution in [0.15, 0.2) is 35.5 Å². The Kier molecular flexibility index (Phi) is 3.82. The van der Waals surface area contributed by atoms with Gasteiger partial charge in [0.05, 0.1) is 0 Å². The van der Waals surface area contributed by atoms with Crippen LogP contribution in [0.3, 0.4) is 0 Å². The van der Waals surface area contributed by atoms with Gasteiger partial charge >= 0.3 is 0 Å². The summed E-state index contributed by atoms with van der Waals surface area (Å²) < 4.78 is 5.76. The molecule has 0 aromatic carbocycles. The van der Waals surface area contributed by atoms with Gasteiger partial charge in [-0.3, -0.25) is 14.4 Å². The lowest BCUT2D eigenvalue weighted by Gasteiger charge is -2.28. The zero-order chi connectivity index (χ0) is 18.8. The summed E-state index contributed by atoms with van der Waals surface area (Å²) in [6.07, 6.45) is 6.24. The molecule has 134 valence electrons. The van der Waals surface area contributed by atoms with E-state index in [4.69, 9.17) is 4.74 Å². The summed E-state index contributed by atoms with van der Waals surface area (Å²) in [6.45, 7) is 8.43. The molecule has 0 aromatic rings. The molecule has 0 unspecified atom stereocenters. The highest BCUT2D eigenvalue weighted by Gasteiger charge is 2.66. The fraction of sp³-hybridized carbons (Fsp3) is 0.550. The second kappa shape index (κ2) is 5.32. The minimum absolute atomic E-state index is 0.0267. The predicted molar refractivity (Wildman–Crippen MR) is 91.8 cm³/mol. The summed E-state index contributed by atoms with van der Waals surface area (Å²) in [5.74, 6) is -1.40. The molecule has 0 bridgehead atoms. The molecule has 1 saturated heterocycles. The van der Waals surface area contributed by atoms with Crippen molar-refractivity contribution in [3.63, 3.8) is 0 Å². The number of aliphatic hydroxyl groups is 1. The van der Waals surface area contributed by atoms with Gasteiger partial charge in [-0.2, -0.15) is 0 Å². The molecular weight excluding hydrogens is 320 g/mol. The molecule has 1 fully saturated rings. The second-order valence-corrected chi connectivity index (χ2v) is 8.29. The quantitative estimate of drug-likeness (QED) is 0.537. The Morgan fingerprint density at radius 2 is 1.84 bits per heavy atom. The number of hydrogen-bond donors (Lipinski definition) is 1. The Hall–Kier alpha value is -1.85. The SMILES string of the molecule is C/C1=C/[C@]23O[C@H]2[C@H](C)C=C3C(=O)[C@@](C)(O)C(=O)CC(C)(C)/C=C/C1=O. The monoisotopic (exact) mass is 344 g/mol. The summed E-state index contributed by atoms with van der Waals surface area (Å²) in [7, 11) is 0. The van der Waals surface area contributed by atoms with E-state index in [1.165, 1.54) is 13.0 Å². The van der Waals surface area contributed by atoms with Gasteiger partial charge in [0.25, 0.3) is 0 Å². The van der Waals surface area contributed by atoms with Crippen LogP contribution in [0.4, 0.5) is 0 Å². The molecular formula is C20H24O5. The van der Waals surface area contributed by atoms with Gasteiger partial charge < -0.3 is 9.84 Å². The van der Waals surface area contributed by atoms with Crippen molar-refractivity contribution < 1.29 is 24.2 Å². The summed E-state index contributed by atoms with van der Waals surface area (Å²) in [5, 5.41) is 10.7. The largest absolute Gasteiger partial charge is 0.374 e. The molecule has 5 nitrogen and oxygen atoms in total. The first-order valence-electron chi connectivity index (χ1n) is 8.54. The first-order valence-corrected chi connectivity index (χ1v) is 8.54. The standard InChI is InChI=1S/C20H24O5/c1-11-8-13-16(23)19(5,24)15(22)10-18(3,4)7-6-14(21)12(2)9-20(13)17(11)25-20/h6-9,11,17,24H,10H2,1-5H3/b7-6+,12-9-/t11-,17+,19+,20-/m1/s1. The van der Waals surface area contributed by atoms with Crippen molar-refractivity contribution in [1.29, 1.82) is 0 Å². The number of ether oxygens (including phenoxy) is 1. The van der Waals surface area contributed by atoms with Gasteiger partial charge in [-0.15, -0.1) is 0 Å². The molecule has 4 atom stereocenters. The number of allylic oxidation sites excluding steroid dienone is 3. The fourth-order valence-electron chi connectivity index (χ4n) is 3.68. The van der Waals surface area contributed by atoms with Crippen LogP contribution in [0.2, 0.25) is 0 Å². The van der Waals surface area contributed by atoms with Crippen molar-refractivity contribution >= 4 is 17.3 Å². The van der Waals surface area contributed by atoms with Gasteiger partial charge in [-0.25, -0.2) is 0 Å². The molecule has 1 heterocycles. The first-order chi connectivity index (χ1) is 11.4. The van der Waals surface area contributed by atoms with E-state index in [1.54, 1.807) is 39.0 Å². The molecule has 0 radical (unpaired) electrons. The van der Waals surface area contributed by atoms with Crippen LogP contribution in [0.25, 0.3) is 0 Å². The van der Waals surface area contributed by atoms with E-state index in [2.05, 4.69) is 0 Å². The Morgan fingerprint density at radius 1 is 1.20 bits per heavy atom.